The van der Waals surface area contributed by atoms with E-state index < -0.39 is 0 Å². The Bertz CT molecular complexity index is 877. The van der Waals surface area contributed by atoms with E-state index in [0.717, 1.165) is 48.2 Å². The molecule has 1 saturated carbocycles. The third-order valence-corrected chi connectivity index (χ3v) is 7.28. The second-order valence-electron chi connectivity index (χ2n) is 8.92. The van der Waals surface area contributed by atoms with Crippen molar-refractivity contribution in [2.45, 2.75) is 51.1 Å². The van der Waals surface area contributed by atoms with E-state index in [0.29, 0.717) is 5.92 Å². The van der Waals surface area contributed by atoms with Crippen LogP contribution in [0.4, 0.5) is 5.69 Å². The number of hydrogen-bond acceptors (Lipinski definition) is 2. The van der Waals surface area contributed by atoms with Gasteiger partial charge in [-0.15, -0.1) is 0 Å². The van der Waals surface area contributed by atoms with Crippen LogP contribution in [0, 0.1) is 5.92 Å². The number of benzene rings is 2. The lowest BCUT2D eigenvalue weighted by Gasteiger charge is -2.39. The number of piperidine rings is 1. The molecule has 2 aromatic rings. The minimum atomic E-state index is 0.328. The second-order valence-corrected chi connectivity index (χ2v) is 9.76. The number of hydrogen-bond donors (Lipinski definition) is 0. The zero-order valence-corrected chi connectivity index (χ0v) is 18.0. The predicted octanol–water partition coefficient (Wildman–Crippen LogP) is 6.34. The van der Waals surface area contributed by atoms with Crippen molar-refractivity contribution < 1.29 is 0 Å². The van der Waals surface area contributed by atoms with Crippen molar-refractivity contribution in [3.63, 3.8) is 0 Å². The highest BCUT2D eigenvalue weighted by Crippen LogP contribution is 2.44. The molecule has 0 spiro atoms. The molecule has 1 saturated heterocycles. The maximum atomic E-state index is 6.68. The summed E-state index contributed by atoms with van der Waals surface area (Å²) < 4.78 is 0. The molecule has 2 aliphatic heterocycles. The van der Waals surface area contributed by atoms with Crippen molar-refractivity contribution in [3.05, 3.63) is 63.1 Å². The highest BCUT2D eigenvalue weighted by atomic mass is 35.5. The quantitative estimate of drug-likeness (QED) is 0.577. The van der Waals surface area contributed by atoms with Gasteiger partial charge in [0.2, 0.25) is 0 Å². The molecule has 2 heterocycles. The predicted molar refractivity (Wildman–Crippen MR) is 119 cm³/mol. The minimum absolute atomic E-state index is 0.328. The van der Waals surface area contributed by atoms with Gasteiger partial charge in [-0.1, -0.05) is 48.3 Å². The normalized spacial score (nSPS) is 25.6. The molecular weight excluding hydrogens is 387 g/mol. The molecular formula is C24H28Cl2N2. The van der Waals surface area contributed by atoms with Crippen LogP contribution < -0.4 is 4.90 Å². The molecule has 2 atom stereocenters. The van der Waals surface area contributed by atoms with E-state index in [1.165, 1.54) is 48.1 Å². The summed E-state index contributed by atoms with van der Waals surface area (Å²) >= 11 is 13.1. The molecule has 0 amide bonds. The first-order valence-electron chi connectivity index (χ1n) is 10.7. The molecule has 4 heteroatoms. The van der Waals surface area contributed by atoms with Crippen molar-refractivity contribution in [3.8, 4) is 0 Å². The molecule has 5 rings (SSSR count). The first-order valence-corrected chi connectivity index (χ1v) is 11.4. The van der Waals surface area contributed by atoms with Gasteiger partial charge in [-0.3, -0.25) is 4.90 Å². The first-order chi connectivity index (χ1) is 13.6. The van der Waals surface area contributed by atoms with Gasteiger partial charge in [0, 0.05) is 53.9 Å². The fourth-order valence-electron chi connectivity index (χ4n) is 5.16. The van der Waals surface area contributed by atoms with E-state index in [1.54, 1.807) is 0 Å². The molecule has 0 radical (unpaired) electrons. The van der Waals surface area contributed by atoms with Crippen LogP contribution in [0.2, 0.25) is 10.0 Å². The Balaban J connectivity index is 1.59. The van der Waals surface area contributed by atoms with Gasteiger partial charge in [-0.25, -0.2) is 0 Å². The van der Waals surface area contributed by atoms with Gasteiger partial charge < -0.3 is 4.90 Å². The Kier molecular flexibility index (Phi) is 5.07. The summed E-state index contributed by atoms with van der Waals surface area (Å²) in [4.78, 5) is 5.24. The smallest absolute Gasteiger partial charge is 0.0468 e. The van der Waals surface area contributed by atoms with Crippen LogP contribution >= 0.6 is 23.2 Å². The largest absolute Gasteiger partial charge is 0.371 e. The van der Waals surface area contributed by atoms with E-state index in [1.807, 2.05) is 6.07 Å². The number of fused-ring (bicyclic) bond motifs is 1. The van der Waals surface area contributed by atoms with Crippen LogP contribution in [-0.2, 0) is 6.54 Å². The van der Waals surface area contributed by atoms with Crippen molar-refractivity contribution in [2.24, 2.45) is 5.92 Å². The minimum Gasteiger partial charge on any atom is -0.371 e. The van der Waals surface area contributed by atoms with Crippen LogP contribution in [-0.4, -0.2) is 30.6 Å². The van der Waals surface area contributed by atoms with E-state index in [2.05, 4.69) is 47.1 Å². The molecule has 0 N–H and O–H groups in total. The average molecular weight is 415 g/mol. The fourth-order valence-corrected chi connectivity index (χ4v) is 5.73. The van der Waals surface area contributed by atoms with Gasteiger partial charge in [0.15, 0.2) is 0 Å². The molecule has 0 unspecified atom stereocenters. The van der Waals surface area contributed by atoms with Crippen LogP contribution in [0.5, 0.6) is 0 Å². The van der Waals surface area contributed by atoms with Crippen molar-refractivity contribution in [1.29, 1.82) is 0 Å². The molecule has 2 aromatic carbocycles. The van der Waals surface area contributed by atoms with Gasteiger partial charge in [0.1, 0.15) is 0 Å². The van der Waals surface area contributed by atoms with Crippen molar-refractivity contribution in [2.75, 3.05) is 24.5 Å². The lowest BCUT2D eigenvalue weighted by Crippen LogP contribution is -2.38. The SMILES string of the molecule is C[C@H]1CCCN(c2ccccc2[C@@H]2CN(C3CC3)Cc3c(Cl)cc(Cl)cc32)C1. The fraction of sp³-hybridized carbons (Fsp3) is 0.500. The van der Waals surface area contributed by atoms with Crippen LogP contribution in [0.15, 0.2) is 36.4 Å². The van der Waals surface area contributed by atoms with Gasteiger partial charge in [-0.05, 0) is 66.5 Å². The standard InChI is InChI=1S/C24H28Cl2N2/c1-16-5-4-10-27(13-16)24-7-3-2-6-19(24)21-14-28(18-8-9-18)15-22-20(21)11-17(25)12-23(22)26/h2-3,6-7,11-12,16,18,21H,4-5,8-10,13-15H2,1H3/t16-,21-/m0/s1. The highest BCUT2D eigenvalue weighted by Gasteiger charge is 2.37. The molecule has 1 aliphatic carbocycles. The summed E-state index contributed by atoms with van der Waals surface area (Å²) in [7, 11) is 0. The number of rotatable bonds is 3. The van der Waals surface area contributed by atoms with E-state index in [9.17, 15) is 0 Å². The maximum absolute atomic E-state index is 6.68. The zero-order valence-electron chi connectivity index (χ0n) is 16.5. The third-order valence-electron chi connectivity index (χ3n) is 6.72. The Labute approximate surface area is 178 Å². The second kappa shape index (κ2) is 7.55. The summed E-state index contributed by atoms with van der Waals surface area (Å²) in [6, 6.07) is 13.8. The van der Waals surface area contributed by atoms with Gasteiger partial charge in [0.05, 0.1) is 0 Å². The molecule has 28 heavy (non-hydrogen) atoms. The summed E-state index contributed by atoms with van der Waals surface area (Å²) in [5.41, 5.74) is 5.43. The topological polar surface area (TPSA) is 6.48 Å². The number of halogens is 2. The Morgan fingerprint density at radius 3 is 2.57 bits per heavy atom. The number of nitrogens with zero attached hydrogens (tertiary/aromatic N) is 2. The van der Waals surface area contributed by atoms with E-state index in [4.69, 9.17) is 23.2 Å². The molecule has 2 nitrogen and oxygen atoms in total. The summed E-state index contributed by atoms with van der Waals surface area (Å²) in [5.74, 6) is 1.08. The van der Waals surface area contributed by atoms with Crippen LogP contribution in [0.25, 0.3) is 0 Å². The molecule has 0 bridgehead atoms. The zero-order chi connectivity index (χ0) is 19.3. The lowest BCUT2D eigenvalue weighted by atomic mass is 9.83. The molecule has 2 fully saturated rings. The van der Waals surface area contributed by atoms with Gasteiger partial charge >= 0.3 is 0 Å². The first kappa shape index (κ1) is 18.8. The van der Waals surface area contributed by atoms with E-state index in [-0.39, 0.29) is 0 Å². The molecule has 0 aromatic heterocycles. The summed E-state index contributed by atoms with van der Waals surface area (Å²) in [6.45, 7) is 6.70. The summed E-state index contributed by atoms with van der Waals surface area (Å²) in [6.07, 6.45) is 5.26. The third kappa shape index (κ3) is 3.56. The maximum Gasteiger partial charge on any atom is 0.0468 e. The average Bonchev–Trinajstić information content (AvgIpc) is 3.53. The van der Waals surface area contributed by atoms with Crippen LogP contribution in [0.3, 0.4) is 0 Å². The Morgan fingerprint density at radius 2 is 1.79 bits per heavy atom. The molecule has 148 valence electrons. The number of para-hydroxylation sites is 1. The van der Waals surface area contributed by atoms with Crippen LogP contribution in [0.1, 0.15) is 55.2 Å². The summed E-state index contributed by atoms with van der Waals surface area (Å²) in [5, 5.41) is 1.57. The number of anilines is 1. The lowest BCUT2D eigenvalue weighted by molar-refractivity contribution is 0.230. The van der Waals surface area contributed by atoms with Gasteiger partial charge in [-0.2, -0.15) is 0 Å². The molecule has 3 aliphatic rings. The van der Waals surface area contributed by atoms with Crippen molar-refractivity contribution >= 4 is 28.9 Å². The van der Waals surface area contributed by atoms with E-state index >= 15 is 0 Å². The Morgan fingerprint density at radius 1 is 0.964 bits per heavy atom. The van der Waals surface area contributed by atoms with Crippen molar-refractivity contribution in [1.82, 2.24) is 4.90 Å². The monoisotopic (exact) mass is 414 g/mol. The van der Waals surface area contributed by atoms with Gasteiger partial charge in [0.25, 0.3) is 0 Å². The Hall–Kier alpha value is -1.22. The highest BCUT2D eigenvalue weighted by molar-refractivity contribution is 6.35.